The second kappa shape index (κ2) is 7.24. The van der Waals surface area contributed by atoms with Crippen molar-refractivity contribution < 1.29 is 37.0 Å². The third-order valence-corrected chi connectivity index (χ3v) is 3.22. The summed E-state index contributed by atoms with van der Waals surface area (Å²) in [5, 5.41) is 8.78. The molecule has 0 aromatic heterocycles. The van der Waals surface area contributed by atoms with Crippen molar-refractivity contribution in [2.45, 2.75) is 50.0 Å². The van der Waals surface area contributed by atoms with Gasteiger partial charge in [0.1, 0.15) is 0 Å². The molecule has 0 radical (unpaired) electrons. The van der Waals surface area contributed by atoms with Crippen molar-refractivity contribution >= 4 is 27.9 Å². The summed E-state index contributed by atoms with van der Waals surface area (Å²) in [6.07, 6.45) is -2.58. The lowest BCUT2D eigenvalue weighted by atomic mass is 10.0. The summed E-state index contributed by atoms with van der Waals surface area (Å²) in [6.45, 7) is 3.17. The van der Waals surface area contributed by atoms with Gasteiger partial charge < -0.3 is 9.84 Å². The van der Waals surface area contributed by atoms with Gasteiger partial charge >= 0.3 is 22.7 Å². The molecule has 0 bridgehead atoms. The van der Waals surface area contributed by atoms with Crippen LogP contribution in [0.15, 0.2) is 0 Å². The van der Waals surface area contributed by atoms with E-state index in [-0.39, 0.29) is 0 Å². The molecule has 0 heterocycles. The molecule has 0 spiro atoms. The number of rotatable bonds is 8. The van der Waals surface area contributed by atoms with Gasteiger partial charge in [0.15, 0.2) is 5.92 Å². The molecule has 0 aromatic rings. The van der Waals surface area contributed by atoms with Crippen LogP contribution in [0.1, 0.15) is 33.1 Å². The largest absolute Gasteiger partial charge is 0.481 e. The zero-order chi connectivity index (χ0) is 16.1. The number of alkyl halides is 5. The minimum atomic E-state index is -4.47. The first kappa shape index (κ1) is 19.1. The van der Waals surface area contributed by atoms with Gasteiger partial charge in [0, 0.05) is 6.42 Å². The van der Waals surface area contributed by atoms with E-state index in [1.165, 1.54) is 22.9 Å². The van der Waals surface area contributed by atoms with Crippen LogP contribution in [-0.2, 0) is 14.3 Å². The molecule has 20 heavy (non-hydrogen) atoms. The van der Waals surface area contributed by atoms with Gasteiger partial charge in [0.2, 0.25) is 0 Å². The number of carboxylic acids is 1. The van der Waals surface area contributed by atoms with E-state index in [0.717, 1.165) is 0 Å². The molecular weight excluding hydrogens is 352 g/mol. The molecule has 0 aliphatic carbocycles. The van der Waals surface area contributed by atoms with Crippen LogP contribution in [-0.4, -0.2) is 33.9 Å². The van der Waals surface area contributed by atoms with E-state index in [9.17, 15) is 27.2 Å². The quantitative estimate of drug-likeness (QED) is 0.309. The van der Waals surface area contributed by atoms with Crippen molar-refractivity contribution in [2.24, 2.45) is 5.92 Å². The van der Waals surface area contributed by atoms with Gasteiger partial charge in [-0.1, -0.05) is 6.92 Å². The summed E-state index contributed by atoms with van der Waals surface area (Å²) in [5.74, 6) is -9.26. The number of hydrogen-bond donors (Lipinski definition) is 1. The fourth-order valence-electron chi connectivity index (χ4n) is 1.17. The Hall–Kier alpha value is -0.860. The second-order valence-corrected chi connectivity index (χ2v) is 5.28. The maximum absolute atomic E-state index is 13.0. The molecule has 0 aliphatic heterocycles. The van der Waals surface area contributed by atoms with Crippen molar-refractivity contribution in [1.29, 1.82) is 0 Å². The number of carbonyl (C=O) groups is 2. The van der Waals surface area contributed by atoms with Crippen molar-refractivity contribution in [3.8, 4) is 0 Å². The SMILES string of the molecule is CCC(C)OC(=O)C(CCC(F)(F)C(F)(F)Br)C(=O)O. The van der Waals surface area contributed by atoms with Crippen molar-refractivity contribution in [2.75, 3.05) is 0 Å². The summed E-state index contributed by atoms with van der Waals surface area (Å²) in [7, 11) is 0. The lowest BCUT2D eigenvalue weighted by molar-refractivity contribution is -0.168. The van der Waals surface area contributed by atoms with Crippen LogP contribution in [0, 0.1) is 5.92 Å². The highest BCUT2D eigenvalue weighted by atomic mass is 79.9. The van der Waals surface area contributed by atoms with E-state index < -0.39 is 47.6 Å². The first-order valence-corrected chi connectivity index (χ1v) is 6.59. The van der Waals surface area contributed by atoms with E-state index in [4.69, 9.17) is 9.84 Å². The topological polar surface area (TPSA) is 63.6 Å². The maximum atomic E-state index is 13.0. The molecule has 118 valence electrons. The van der Waals surface area contributed by atoms with Gasteiger partial charge in [-0.05, 0) is 35.7 Å². The highest BCUT2D eigenvalue weighted by Gasteiger charge is 2.54. The van der Waals surface area contributed by atoms with Gasteiger partial charge in [-0.3, -0.25) is 9.59 Å². The van der Waals surface area contributed by atoms with Gasteiger partial charge in [-0.15, -0.1) is 0 Å². The lowest BCUT2D eigenvalue weighted by Gasteiger charge is -2.23. The smallest absolute Gasteiger partial charge is 0.363 e. The number of ether oxygens (including phenoxy) is 1. The highest BCUT2D eigenvalue weighted by molar-refractivity contribution is 9.10. The molecular formula is C11H15BrF4O4. The Morgan fingerprint density at radius 2 is 1.80 bits per heavy atom. The summed E-state index contributed by atoms with van der Waals surface area (Å²) in [5.41, 5.74) is 0. The van der Waals surface area contributed by atoms with Gasteiger partial charge in [0.25, 0.3) is 0 Å². The van der Waals surface area contributed by atoms with Crippen LogP contribution in [0.5, 0.6) is 0 Å². The predicted molar refractivity (Wildman–Crippen MR) is 65.0 cm³/mol. The Kier molecular flexibility index (Phi) is 6.92. The van der Waals surface area contributed by atoms with E-state index in [1.54, 1.807) is 6.92 Å². The van der Waals surface area contributed by atoms with E-state index >= 15 is 0 Å². The van der Waals surface area contributed by atoms with Crippen LogP contribution in [0.4, 0.5) is 17.6 Å². The molecule has 9 heteroatoms. The summed E-state index contributed by atoms with van der Waals surface area (Å²) in [6, 6.07) is 0. The van der Waals surface area contributed by atoms with Crippen molar-refractivity contribution in [3.63, 3.8) is 0 Å². The minimum Gasteiger partial charge on any atom is -0.481 e. The summed E-state index contributed by atoms with van der Waals surface area (Å²) < 4.78 is 55.8. The van der Waals surface area contributed by atoms with Crippen molar-refractivity contribution in [1.82, 2.24) is 0 Å². The summed E-state index contributed by atoms with van der Waals surface area (Å²) in [4.78, 5) is 17.8. The first-order valence-electron chi connectivity index (χ1n) is 5.80. The van der Waals surface area contributed by atoms with Crippen LogP contribution >= 0.6 is 15.9 Å². The number of hydrogen-bond acceptors (Lipinski definition) is 3. The summed E-state index contributed by atoms with van der Waals surface area (Å²) >= 11 is 1.53. The van der Waals surface area contributed by atoms with Crippen LogP contribution < -0.4 is 0 Å². The molecule has 0 aromatic carbocycles. The molecule has 0 saturated carbocycles. The fourth-order valence-corrected chi connectivity index (χ4v) is 1.37. The van der Waals surface area contributed by atoms with Gasteiger partial charge in [-0.2, -0.15) is 17.6 Å². The Morgan fingerprint density at radius 1 is 1.30 bits per heavy atom. The number of halogens is 5. The fraction of sp³-hybridized carbons (Fsp3) is 0.818. The third-order valence-electron chi connectivity index (χ3n) is 2.64. The predicted octanol–water partition coefficient (Wildman–Crippen LogP) is 3.43. The molecule has 4 nitrogen and oxygen atoms in total. The molecule has 0 aliphatic rings. The second-order valence-electron chi connectivity index (χ2n) is 4.29. The van der Waals surface area contributed by atoms with E-state index in [1.807, 2.05) is 0 Å². The molecule has 1 N–H and O–H groups in total. The monoisotopic (exact) mass is 366 g/mol. The third kappa shape index (κ3) is 5.64. The molecule has 0 rings (SSSR count). The Balaban J connectivity index is 4.74. The number of esters is 1. The van der Waals surface area contributed by atoms with Crippen LogP contribution in [0.2, 0.25) is 0 Å². The van der Waals surface area contributed by atoms with E-state index in [0.29, 0.717) is 6.42 Å². The molecule has 0 saturated heterocycles. The first-order chi connectivity index (χ1) is 8.92. The van der Waals surface area contributed by atoms with Gasteiger partial charge in [-0.25, -0.2) is 0 Å². The van der Waals surface area contributed by atoms with Crippen LogP contribution in [0.25, 0.3) is 0 Å². The van der Waals surface area contributed by atoms with Crippen LogP contribution in [0.3, 0.4) is 0 Å². The average Bonchev–Trinajstić information content (AvgIpc) is 2.26. The molecule has 0 fully saturated rings. The lowest BCUT2D eigenvalue weighted by Crippen LogP contribution is -2.37. The molecule has 2 atom stereocenters. The van der Waals surface area contributed by atoms with E-state index in [2.05, 4.69) is 0 Å². The zero-order valence-electron chi connectivity index (χ0n) is 10.8. The Labute approximate surface area is 121 Å². The Morgan fingerprint density at radius 3 is 2.15 bits per heavy atom. The Bertz CT molecular complexity index is 357. The molecule has 2 unspecified atom stereocenters. The minimum absolute atomic E-state index is 0.410. The van der Waals surface area contributed by atoms with Crippen molar-refractivity contribution in [3.05, 3.63) is 0 Å². The standard InChI is InChI=1S/C11H15BrF4O4/c1-3-6(2)20-9(19)7(8(17)18)4-5-10(13,14)11(12,15)16/h6-7H,3-5H2,1-2H3,(H,17,18). The van der Waals surface area contributed by atoms with Gasteiger partial charge in [0.05, 0.1) is 6.10 Å². The maximum Gasteiger partial charge on any atom is 0.363 e. The number of carbonyl (C=O) groups excluding carboxylic acids is 1. The number of aliphatic carboxylic acids is 1. The zero-order valence-corrected chi connectivity index (χ0v) is 12.4. The highest BCUT2D eigenvalue weighted by Crippen LogP contribution is 2.43. The molecule has 0 amide bonds. The number of carboxylic acid groups (broad SMARTS) is 1. The average molecular weight is 367 g/mol. The normalized spacial score (nSPS) is 15.6.